The van der Waals surface area contributed by atoms with Gasteiger partial charge in [-0.05, 0) is 41.0 Å². The smallest absolute Gasteiger partial charge is 0.216 e. The molecule has 6 aromatic rings. The highest BCUT2D eigenvalue weighted by atomic mass is 16.5. The number of rotatable bonds is 6. The second kappa shape index (κ2) is 9.84. The third kappa shape index (κ3) is 3.98. The number of pyridine rings is 1. The second-order valence-electron chi connectivity index (χ2n) is 9.50. The minimum absolute atomic E-state index is 0.697. The minimum Gasteiger partial charge on any atom is -0.493 e. The summed E-state index contributed by atoms with van der Waals surface area (Å²) in [7, 11) is 8.78. The van der Waals surface area contributed by atoms with E-state index in [9.17, 15) is 0 Å². The summed E-state index contributed by atoms with van der Waals surface area (Å²) < 4.78 is 25.3. The summed E-state index contributed by atoms with van der Waals surface area (Å²) in [5.41, 5.74) is 6.53. The van der Waals surface area contributed by atoms with Crippen molar-refractivity contribution in [3.63, 3.8) is 0 Å². The Balaban J connectivity index is 1.63. The van der Waals surface area contributed by atoms with Crippen LogP contribution in [-0.4, -0.2) is 28.4 Å². The molecule has 0 radical (unpaired) electrons. The van der Waals surface area contributed by atoms with Crippen molar-refractivity contribution in [2.75, 3.05) is 28.4 Å². The first-order valence-electron chi connectivity index (χ1n) is 12.8. The zero-order valence-corrected chi connectivity index (χ0v) is 22.7. The van der Waals surface area contributed by atoms with Crippen LogP contribution in [0.5, 0.6) is 23.0 Å². The van der Waals surface area contributed by atoms with Crippen LogP contribution in [0, 0.1) is 0 Å². The van der Waals surface area contributed by atoms with E-state index in [-0.39, 0.29) is 0 Å². The van der Waals surface area contributed by atoms with Gasteiger partial charge in [-0.1, -0.05) is 54.6 Å². The fraction of sp³-hybridized carbons (Fsp3) is 0.147. The number of fused-ring (bicyclic) bond motifs is 4. The van der Waals surface area contributed by atoms with Gasteiger partial charge >= 0.3 is 0 Å². The normalized spacial score (nSPS) is 11.2. The van der Waals surface area contributed by atoms with Crippen molar-refractivity contribution in [2.24, 2.45) is 7.05 Å². The van der Waals surface area contributed by atoms with Crippen molar-refractivity contribution in [3.8, 4) is 45.3 Å². The second-order valence-corrected chi connectivity index (χ2v) is 9.50. The first-order chi connectivity index (χ1) is 19.1. The minimum atomic E-state index is 0.697. The molecule has 0 unspecified atom stereocenters. The summed E-state index contributed by atoms with van der Waals surface area (Å²) in [6.45, 7) is 0. The molecule has 0 aliphatic rings. The fourth-order valence-corrected chi connectivity index (χ4v) is 5.54. The van der Waals surface area contributed by atoms with Crippen molar-refractivity contribution in [1.82, 2.24) is 0 Å². The molecule has 5 heteroatoms. The molecule has 5 aromatic carbocycles. The number of hydrogen-bond donors (Lipinski definition) is 0. The lowest BCUT2D eigenvalue weighted by Gasteiger charge is -2.17. The molecule has 39 heavy (non-hydrogen) atoms. The lowest BCUT2D eigenvalue weighted by atomic mass is 9.94. The molecule has 5 nitrogen and oxygen atoms in total. The zero-order valence-electron chi connectivity index (χ0n) is 22.7. The molecule has 0 spiro atoms. The van der Waals surface area contributed by atoms with E-state index in [4.69, 9.17) is 18.9 Å². The van der Waals surface area contributed by atoms with E-state index in [1.54, 1.807) is 28.4 Å². The number of nitrogens with zero attached hydrogens (tertiary/aromatic N) is 1. The molecule has 0 atom stereocenters. The molecule has 0 saturated carbocycles. The van der Waals surface area contributed by atoms with Gasteiger partial charge in [0.15, 0.2) is 23.0 Å². The molecule has 0 aliphatic carbocycles. The molecule has 1 aromatic heterocycles. The Morgan fingerprint density at radius 1 is 0.487 bits per heavy atom. The molecule has 0 fully saturated rings. The van der Waals surface area contributed by atoms with E-state index < -0.39 is 0 Å². The van der Waals surface area contributed by atoms with Crippen LogP contribution in [0.15, 0.2) is 91.0 Å². The monoisotopic (exact) mass is 516 g/mol. The number of ether oxygens (including phenoxy) is 4. The zero-order chi connectivity index (χ0) is 27.1. The van der Waals surface area contributed by atoms with Gasteiger partial charge in [0.25, 0.3) is 0 Å². The van der Waals surface area contributed by atoms with E-state index in [1.807, 2.05) is 18.2 Å². The highest BCUT2D eigenvalue weighted by molar-refractivity contribution is 6.12. The first kappa shape index (κ1) is 24.6. The molecule has 0 N–H and O–H groups in total. The average Bonchev–Trinajstić information content (AvgIpc) is 2.99. The van der Waals surface area contributed by atoms with Crippen LogP contribution >= 0.6 is 0 Å². The molecule has 0 bridgehead atoms. The highest BCUT2D eigenvalue weighted by Gasteiger charge is 2.22. The van der Waals surface area contributed by atoms with Gasteiger partial charge in [0.05, 0.1) is 45.3 Å². The lowest BCUT2D eigenvalue weighted by Crippen LogP contribution is -2.30. The van der Waals surface area contributed by atoms with Crippen LogP contribution in [0.25, 0.3) is 54.8 Å². The Hall–Kier alpha value is -4.77. The van der Waals surface area contributed by atoms with Crippen molar-refractivity contribution in [3.05, 3.63) is 91.0 Å². The Bertz CT molecular complexity index is 1840. The molecule has 0 saturated heterocycles. The number of methoxy groups -OCH3 is 4. The predicted octanol–water partition coefficient (Wildman–Crippen LogP) is 7.34. The third-order valence-corrected chi connectivity index (χ3v) is 7.51. The van der Waals surface area contributed by atoms with E-state index in [0.717, 1.165) is 43.7 Å². The van der Waals surface area contributed by atoms with Crippen molar-refractivity contribution in [1.29, 1.82) is 0 Å². The van der Waals surface area contributed by atoms with Gasteiger partial charge in [-0.3, -0.25) is 0 Å². The molecule has 0 aliphatic heterocycles. The Morgan fingerprint density at radius 3 is 1.79 bits per heavy atom. The fourth-order valence-electron chi connectivity index (χ4n) is 5.54. The molecule has 0 amide bonds. The maximum absolute atomic E-state index is 5.97. The molecular weight excluding hydrogens is 486 g/mol. The SMILES string of the molecule is COc1cc2cc3c4cc(-c5ccc(-c6ccccc6)cc5)c(OC)c(OC)c4ccc3[n+](C)c2cc1OC. The summed E-state index contributed by atoms with van der Waals surface area (Å²) in [5, 5.41) is 4.24. The van der Waals surface area contributed by atoms with Crippen LogP contribution < -0.4 is 23.5 Å². The van der Waals surface area contributed by atoms with Crippen molar-refractivity contribution < 1.29 is 23.5 Å². The van der Waals surface area contributed by atoms with E-state index in [1.165, 1.54) is 11.1 Å². The summed E-state index contributed by atoms with van der Waals surface area (Å²) >= 11 is 0. The first-order valence-corrected chi connectivity index (χ1v) is 12.8. The van der Waals surface area contributed by atoms with Crippen LogP contribution in [0.3, 0.4) is 0 Å². The summed E-state index contributed by atoms with van der Waals surface area (Å²) in [6, 6.07) is 31.7. The van der Waals surface area contributed by atoms with E-state index in [2.05, 4.69) is 84.4 Å². The summed E-state index contributed by atoms with van der Waals surface area (Å²) in [5.74, 6) is 2.83. The number of hydrogen-bond acceptors (Lipinski definition) is 4. The summed E-state index contributed by atoms with van der Waals surface area (Å²) in [4.78, 5) is 0. The van der Waals surface area contributed by atoms with Gasteiger partial charge in [-0.25, -0.2) is 0 Å². The van der Waals surface area contributed by atoms with E-state index >= 15 is 0 Å². The summed E-state index contributed by atoms with van der Waals surface area (Å²) in [6.07, 6.45) is 0. The van der Waals surface area contributed by atoms with E-state index in [0.29, 0.717) is 23.0 Å². The molecule has 1 heterocycles. The molecular formula is C34H30NO4+. The third-order valence-electron chi connectivity index (χ3n) is 7.51. The average molecular weight is 517 g/mol. The maximum atomic E-state index is 5.97. The lowest BCUT2D eigenvalue weighted by molar-refractivity contribution is -0.617. The number of benzene rings is 5. The van der Waals surface area contributed by atoms with Gasteiger partial charge in [0.2, 0.25) is 11.0 Å². The maximum Gasteiger partial charge on any atom is 0.216 e. The topological polar surface area (TPSA) is 40.8 Å². The molecule has 194 valence electrons. The van der Waals surface area contributed by atoms with Gasteiger partial charge in [-0.15, -0.1) is 0 Å². The van der Waals surface area contributed by atoms with Gasteiger partial charge in [0, 0.05) is 22.4 Å². The Morgan fingerprint density at radius 2 is 1.13 bits per heavy atom. The van der Waals surface area contributed by atoms with Crippen LogP contribution in [-0.2, 0) is 7.05 Å². The molecule has 6 rings (SSSR count). The highest BCUT2D eigenvalue weighted by Crippen LogP contribution is 2.46. The quantitative estimate of drug-likeness (QED) is 0.132. The largest absolute Gasteiger partial charge is 0.493 e. The van der Waals surface area contributed by atoms with Crippen molar-refractivity contribution >= 4 is 32.6 Å². The predicted molar refractivity (Wildman–Crippen MR) is 157 cm³/mol. The number of aromatic nitrogens is 1. The van der Waals surface area contributed by atoms with Crippen LogP contribution in [0.4, 0.5) is 0 Å². The van der Waals surface area contributed by atoms with Gasteiger partial charge in [-0.2, -0.15) is 4.57 Å². The Labute approximate surface area is 227 Å². The van der Waals surface area contributed by atoms with Crippen LogP contribution in [0.1, 0.15) is 0 Å². The van der Waals surface area contributed by atoms with Crippen LogP contribution in [0.2, 0.25) is 0 Å². The standard InChI is InChI=1S/C34H30NO4/c1-35-29-16-15-25-27(28(29)17-24-18-31(36-2)32(37-3)20-30(24)35)19-26(34(39-5)33(25)38-4)23-13-11-22(12-14-23)21-9-7-6-8-10-21/h6-20H,1-5H3/q+1. The Kier molecular flexibility index (Phi) is 6.20. The number of aryl methyl sites for hydroxylation is 1. The van der Waals surface area contributed by atoms with Gasteiger partial charge < -0.3 is 18.9 Å². The van der Waals surface area contributed by atoms with Crippen molar-refractivity contribution in [2.45, 2.75) is 0 Å². The van der Waals surface area contributed by atoms with Gasteiger partial charge in [0.1, 0.15) is 7.05 Å².